The number of fused-ring (bicyclic) bond motifs is 2. The maximum absolute atomic E-state index is 13.5. The van der Waals surface area contributed by atoms with Gasteiger partial charge in [-0.05, 0) is 43.9 Å². The van der Waals surface area contributed by atoms with Gasteiger partial charge in [-0.25, -0.2) is 4.39 Å². The van der Waals surface area contributed by atoms with E-state index in [1.165, 1.54) is 0 Å². The zero-order valence-electron chi connectivity index (χ0n) is 12.5. The molecule has 0 aliphatic carbocycles. The molecule has 1 aromatic carbocycles. The molecule has 0 saturated carbocycles. The van der Waals surface area contributed by atoms with E-state index < -0.39 is 25.1 Å². The lowest BCUT2D eigenvalue weighted by Crippen LogP contribution is -2.32. The quantitative estimate of drug-likeness (QED) is 0.869. The topological polar surface area (TPSA) is 47.9 Å². The van der Waals surface area contributed by atoms with Crippen LogP contribution in [-0.2, 0) is 9.47 Å². The Bertz CT molecular complexity index is 528. The Hall–Kier alpha value is -1.31. The zero-order chi connectivity index (χ0) is 16.4. The molecule has 128 valence electrons. The molecule has 7 heteroatoms. The van der Waals surface area contributed by atoms with Crippen LogP contribution in [0.3, 0.4) is 0 Å². The van der Waals surface area contributed by atoms with E-state index >= 15 is 0 Å². The number of ether oxygens (including phenoxy) is 3. The van der Waals surface area contributed by atoms with Crippen LogP contribution in [0.2, 0.25) is 0 Å². The minimum atomic E-state index is -3.03. The maximum atomic E-state index is 13.5. The van der Waals surface area contributed by atoms with Gasteiger partial charge in [0.15, 0.2) is 0 Å². The van der Waals surface area contributed by atoms with E-state index in [1.807, 2.05) is 0 Å². The van der Waals surface area contributed by atoms with Crippen LogP contribution in [0.25, 0.3) is 0 Å². The number of aliphatic hydroxyl groups excluding tert-OH is 1. The first-order valence-electron chi connectivity index (χ1n) is 7.71. The van der Waals surface area contributed by atoms with E-state index in [0.717, 1.165) is 31.0 Å². The highest BCUT2D eigenvalue weighted by Crippen LogP contribution is 2.37. The summed E-state index contributed by atoms with van der Waals surface area (Å²) < 4.78 is 54.5. The van der Waals surface area contributed by atoms with Gasteiger partial charge in [-0.15, -0.1) is 0 Å². The van der Waals surface area contributed by atoms with Gasteiger partial charge in [0.05, 0.1) is 24.9 Å². The Morgan fingerprint density at radius 3 is 2.52 bits per heavy atom. The summed E-state index contributed by atoms with van der Waals surface area (Å²) in [5.41, 5.74) is 0.0895. The molecular formula is C16H19F3O4. The number of aliphatic hydroxyl groups is 1. The molecule has 2 aliphatic heterocycles. The van der Waals surface area contributed by atoms with E-state index in [9.17, 15) is 18.3 Å². The van der Waals surface area contributed by atoms with Crippen LogP contribution in [0.4, 0.5) is 13.2 Å². The summed E-state index contributed by atoms with van der Waals surface area (Å²) in [5, 5.41) is 9.59. The number of hydrogen-bond donors (Lipinski definition) is 1. The number of benzene rings is 1. The predicted molar refractivity (Wildman–Crippen MR) is 74.9 cm³/mol. The van der Waals surface area contributed by atoms with Crippen molar-refractivity contribution in [2.45, 2.75) is 56.7 Å². The highest BCUT2D eigenvalue weighted by Gasteiger charge is 2.37. The third kappa shape index (κ3) is 3.97. The summed E-state index contributed by atoms with van der Waals surface area (Å²) in [6.45, 7) is -3.48. The molecule has 1 aromatic rings. The van der Waals surface area contributed by atoms with Gasteiger partial charge in [0.2, 0.25) is 0 Å². The third-order valence-electron chi connectivity index (χ3n) is 4.30. The average Bonchev–Trinajstić information content (AvgIpc) is 2.85. The molecule has 2 fully saturated rings. The molecule has 23 heavy (non-hydrogen) atoms. The summed E-state index contributed by atoms with van der Waals surface area (Å²) in [6, 6.07) is 3.22. The van der Waals surface area contributed by atoms with Crippen LogP contribution in [0.5, 0.6) is 5.75 Å². The molecule has 2 heterocycles. The largest absolute Gasteiger partial charge is 0.434 e. The summed E-state index contributed by atoms with van der Waals surface area (Å²) in [5.74, 6) is -0.786. The Morgan fingerprint density at radius 1 is 1.22 bits per heavy atom. The second kappa shape index (κ2) is 7.07. The number of alkyl halides is 2. The van der Waals surface area contributed by atoms with Gasteiger partial charge >= 0.3 is 6.61 Å². The molecule has 4 nitrogen and oxygen atoms in total. The molecule has 2 aliphatic rings. The molecule has 0 spiro atoms. The SMILES string of the molecule is OCC(OC1C[C@H]2CC[C@@H](C1)O2)c1cc(F)ccc1OC(F)F. The lowest BCUT2D eigenvalue weighted by molar-refractivity contribution is -0.116. The maximum Gasteiger partial charge on any atom is 0.387 e. The van der Waals surface area contributed by atoms with Crippen molar-refractivity contribution in [1.29, 1.82) is 0 Å². The standard InChI is InChI=1S/C16H19F3O4/c17-9-1-4-14(23-16(18)19)13(5-9)15(8-20)22-12-6-10-2-3-11(7-12)21-10/h1,4-5,10-12,15-16,20H,2-3,6-8H2/t10-,11+,12?,15?. The van der Waals surface area contributed by atoms with Crippen LogP contribution in [0.15, 0.2) is 18.2 Å². The molecule has 2 bridgehead atoms. The van der Waals surface area contributed by atoms with Crippen molar-refractivity contribution < 1.29 is 32.5 Å². The van der Waals surface area contributed by atoms with Crippen molar-refractivity contribution in [3.63, 3.8) is 0 Å². The van der Waals surface area contributed by atoms with Gasteiger partial charge in [-0.2, -0.15) is 8.78 Å². The summed E-state index contributed by atoms with van der Waals surface area (Å²) >= 11 is 0. The molecule has 3 rings (SSSR count). The Morgan fingerprint density at radius 2 is 1.91 bits per heavy atom. The molecule has 4 atom stereocenters. The fourth-order valence-corrected chi connectivity index (χ4v) is 3.34. The van der Waals surface area contributed by atoms with E-state index in [1.54, 1.807) is 0 Å². The number of rotatable bonds is 6. The molecule has 2 saturated heterocycles. The number of halogens is 3. The van der Waals surface area contributed by atoms with Crippen molar-refractivity contribution in [1.82, 2.24) is 0 Å². The second-order valence-corrected chi connectivity index (χ2v) is 5.92. The third-order valence-corrected chi connectivity index (χ3v) is 4.30. The number of hydrogen-bond acceptors (Lipinski definition) is 4. The summed E-state index contributed by atoms with van der Waals surface area (Å²) in [6.07, 6.45) is 2.55. The highest BCUT2D eigenvalue weighted by molar-refractivity contribution is 5.36. The minimum absolute atomic E-state index is 0.0895. The van der Waals surface area contributed by atoms with E-state index in [-0.39, 0.29) is 29.6 Å². The average molecular weight is 332 g/mol. The van der Waals surface area contributed by atoms with Crippen LogP contribution in [-0.4, -0.2) is 36.6 Å². The van der Waals surface area contributed by atoms with Crippen LogP contribution >= 0.6 is 0 Å². The summed E-state index contributed by atoms with van der Waals surface area (Å²) in [4.78, 5) is 0. The zero-order valence-corrected chi connectivity index (χ0v) is 12.5. The van der Waals surface area contributed by atoms with Crippen molar-refractivity contribution in [2.24, 2.45) is 0 Å². The van der Waals surface area contributed by atoms with Gasteiger partial charge in [0, 0.05) is 5.56 Å². The van der Waals surface area contributed by atoms with Crippen LogP contribution in [0.1, 0.15) is 37.4 Å². The van der Waals surface area contributed by atoms with Gasteiger partial charge in [0.1, 0.15) is 17.7 Å². The fourth-order valence-electron chi connectivity index (χ4n) is 3.34. The van der Waals surface area contributed by atoms with Crippen LogP contribution < -0.4 is 4.74 Å². The lowest BCUT2D eigenvalue weighted by atomic mass is 10.0. The Kier molecular flexibility index (Phi) is 5.08. The monoisotopic (exact) mass is 332 g/mol. The van der Waals surface area contributed by atoms with Crippen molar-refractivity contribution in [3.05, 3.63) is 29.6 Å². The fraction of sp³-hybridized carbons (Fsp3) is 0.625. The lowest BCUT2D eigenvalue weighted by Gasteiger charge is -2.31. The van der Waals surface area contributed by atoms with Crippen LogP contribution in [0, 0.1) is 5.82 Å². The first-order valence-corrected chi connectivity index (χ1v) is 7.71. The molecular weight excluding hydrogens is 313 g/mol. The van der Waals surface area contributed by atoms with E-state index in [0.29, 0.717) is 12.8 Å². The van der Waals surface area contributed by atoms with Gasteiger partial charge in [-0.1, -0.05) is 0 Å². The molecule has 0 aromatic heterocycles. The molecule has 0 amide bonds. The van der Waals surface area contributed by atoms with Crippen molar-refractivity contribution in [2.75, 3.05) is 6.61 Å². The normalized spacial score (nSPS) is 28.1. The summed E-state index contributed by atoms with van der Waals surface area (Å²) in [7, 11) is 0. The second-order valence-electron chi connectivity index (χ2n) is 5.92. The predicted octanol–water partition coefficient (Wildman–Crippen LogP) is 3.19. The van der Waals surface area contributed by atoms with Gasteiger partial charge in [-0.3, -0.25) is 0 Å². The highest BCUT2D eigenvalue weighted by atomic mass is 19.3. The van der Waals surface area contributed by atoms with Gasteiger partial charge < -0.3 is 19.3 Å². The van der Waals surface area contributed by atoms with Crippen molar-refractivity contribution in [3.8, 4) is 5.75 Å². The Balaban J connectivity index is 1.76. The van der Waals surface area contributed by atoms with E-state index in [4.69, 9.17) is 9.47 Å². The first-order chi connectivity index (χ1) is 11.0. The molecule has 2 unspecified atom stereocenters. The van der Waals surface area contributed by atoms with Gasteiger partial charge in [0.25, 0.3) is 0 Å². The smallest absolute Gasteiger partial charge is 0.387 e. The van der Waals surface area contributed by atoms with E-state index in [2.05, 4.69) is 4.74 Å². The van der Waals surface area contributed by atoms with Crippen molar-refractivity contribution >= 4 is 0 Å². The Labute approximate surface area is 132 Å². The molecule has 0 radical (unpaired) electrons. The molecule has 1 N–H and O–H groups in total. The first kappa shape index (κ1) is 16.5. The minimum Gasteiger partial charge on any atom is -0.434 e.